The van der Waals surface area contributed by atoms with Gasteiger partial charge in [0.1, 0.15) is 5.69 Å². The van der Waals surface area contributed by atoms with E-state index in [9.17, 15) is 19.7 Å². The number of anilines is 1. The first-order valence-corrected chi connectivity index (χ1v) is 9.85. The SMILES string of the molecule is CCC(CC)NC(=O)COC(=O)c1ccc(N2CCC[C@H](C)C2)c([N+](=O)[O-])c1. The summed E-state index contributed by atoms with van der Waals surface area (Å²) in [4.78, 5) is 37.2. The highest BCUT2D eigenvalue weighted by atomic mass is 16.6. The van der Waals surface area contributed by atoms with Gasteiger partial charge in [-0.15, -0.1) is 0 Å². The van der Waals surface area contributed by atoms with Crippen molar-refractivity contribution in [2.45, 2.75) is 52.5 Å². The first-order valence-electron chi connectivity index (χ1n) is 9.85. The van der Waals surface area contributed by atoms with Gasteiger partial charge < -0.3 is 15.0 Å². The van der Waals surface area contributed by atoms with Gasteiger partial charge in [-0.1, -0.05) is 20.8 Å². The fourth-order valence-corrected chi connectivity index (χ4v) is 3.45. The maximum atomic E-state index is 12.3. The van der Waals surface area contributed by atoms with Crippen LogP contribution in [0.3, 0.4) is 0 Å². The van der Waals surface area contributed by atoms with Crippen molar-refractivity contribution >= 4 is 23.3 Å². The Morgan fingerprint density at radius 2 is 2.07 bits per heavy atom. The summed E-state index contributed by atoms with van der Waals surface area (Å²) in [6.07, 6.45) is 3.67. The maximum absolute atomic E-state index is 12.3. The molecule has 1 fully saturated rings. The Balaban J connectivity index is 2.07. The molecule has 0 radical (unpaired) electrons. The number of nitrogens with one attached hydrogen (secondary N) is 1. The summed E-state index contributed by atoms with van der Waals surface area (Å²) in [6, 6.07) is 4.38. The number of piperidine rings is 1. The van der Waals surface area contributed by atoms with Crippen molar-refractivity contribution in [3.05, 3.63) is 33.9 Å². The molecule has 8 heteroatoms. The minimum Gasteiger partial charge on any atom is -0.452 e. The highest BCUT2D eigenvalue weighted by molar-refractivity contribution is 5.93. The number of nitrogens with zero attached hydrogens (tertiary/aromatic N) is 2. The van der Waals surface area contributed by atoms with Crippen molar-refractivity contribution in [3.63, 3.8) is 0 Å². The molecular weight excluding hydrogens is 362 g/mol. The van der Waals surface area contributed by atoms with Gasteiger partial charge in [0, 0.05) is 25.2 Å². The van der Waals surface area contributed by atoms with E-state index < -0.39 is 17.5 Å². The van der Waals surface area contributed by atoms with E-state index in [1.54, 1.807) is 6.07 Å². The number of hydrogen-bond donors (Lipinski definition) is 1. The molecule has 0 saturated carbocycles. The van der Waals surface area contributed by atoms with Gasteiger partial charge in [0.05, 0.1) is 10.5 Å². The lowest BCUT2D eigenvalue weighted by atomic mass is 9.99. The Kier molecular flexibility index (Phi) is 7.78. The number of carbonyl (C=O) groups excluding carboxylic acids is 2. The summed E-state index contributed by atoms with van der Waals surface area (Å²) in [5.41, 5.74) is 0.459. The second-order valence-corrected chi connectivity index (χ2v) is 7.31. The third-order valence-electron chi connectivity index (χ3n) is 5.09. The highest BCUT2D eigenvalue weighted by Gasteiger charge is 2.25. The largest absolute Gasteiger partial charge is 0.452 e. The summed E-state index contributed by atoms with van der Waals surface area (Å²) in [6.45, 7) is 7.14. The quantitative estimate of drug-likeness (QED) is 0.414. The molecule has 0 aromatic heterocycles. The minimum absolute atomic E-state index is 0.0403. The van der Waals surface area contributed by atoms with Gasteiger partial charge in [-0.2, -0.15) is 0 Å². The molecule has 1 saturated heterocycles. The van der Waals surface area contributed by atoms with E-state index >= 15 is 0 Å². The van der Waals surface area contributed by atoms with Crippen LogP contribution in [0.5, 0.6) is 0 Å². The van der Waals surface area contributed by atoms with Crippen LogP contribution < -0.4 is 10.2 Å². The molecule has 1 aromatic carbocycles. The molecule has 1 aliphatic heterocycles. The summed E-state index contributed by atoms with van der Waals surface area (Å²) < 4.78 is 5.03. The summed E-state index contributed by atoms with van der Waals surface area (Å²) >= 11 is 0. The number of amides is 1. The molecule has 1 atom stereocenters. The molecule has 0 aliphatic carbocycles. The fraction of sp³-hybridized carbons (Fsp3) is 0.600. The topological polar surface area (TPSA) is 102 Å². The van der Waals surface area contributed by atoms with E-state index in [1.165, 1.54) is 12.1 Å². The first-order chi connectivity index (χ1) is 13.3. The Hall–Kier alpha value is -2.64. The molecule has 1 aliphatic rings. The summed E-state index contributed by atoms with van der Waals surface area (Å²) in [5.74, 6) is -0.664. The number of carbonyl (C=O) groups is 2. The zero-order valence-corrected chi connectivity index (χ0v) is 16.8. The molecule has 0 bridgehead atoms. The lowest BCUT2D eigenvalue weighted by molar-refractivity contribution is -0.384. The van der Waals surface area contributed by atoms with E-state index in [0.717, 1.165) is 38.8 Å². The lowest BCUT2D eigenvalue weighted by Gasteiger charge is -2.32. The fourth-order valence-electron chi connectivity index (χ4n) is 3.45. The molecule has 8 nitrogen and oxygen atoms in total. The average Bonchev–Trinajstić information content (AvgIpc) is 2.69. The normalized spacial score (nSPS) is 16.7. The van der Waals surface area contributed by atoms with Crippen LogP contribution in [0.15, 0.2) is 18.2 Å². The van der Waals surface area contributed by atoms with E-state index in [-0.39, 0.29) is 23.2 Å². The molecule has 1 amide bonds. The zero-order chi connectivity index (χ0) is 20.7. The molecule has 1 heterocycles. The minimum atomic E-state index is -0.749. The van der Waals surface area contributed by atoms with Crippen LogP contribution in [-0.4, -0.2) is 42.5 Å². The molecule has 0 unspecified atom stereocenters. The average molecular weight is 391 g/mol. The number of ether oxygens (including phenoxy) is 1. The van der Waals surface area contributed by atoms with Crippen molar-refractivity contribution < 1.29 is 19.2 Å². The standard InChI is InChI=1S/C20H29N3O5/c1-4-16(5-2)21-19(24)13-28-20(25)15-8-9-17(18(11-15)23(26)27)22-10-6-7-14(3)12-22/h8-9,11,14,16H,4-7,10,12-13H2,1-3H3,(H,21,24)/t14-/m0/s1. The van der Waals surface area contributed by atoms with Gasteiger partial charge in [-0.3, -0.25) is 14.9 Å². The first kappa shape index (κ1) is 21.7. The Bertz CT molecular complexity index is 718. The number of hydrogen-bond acceptors (Lipinski definition) is 6. The van der Waals surface area contributed by atoms with Gasteiger partial charge >= 0.3 is 5.97 Å². The lowest BCUT2D eigenvalue weighted by Crippen LogP contribution is -2.36. The predicted octanol–water partition coefficient (Wildman–Crippen LogP) is 3.29. The van der Waals surface area contributed by atoms with E-state index in [2.05, 4.69) is 12.2 Å². The smallest absolute Gasteiger partial charge is 0.338 e. The van der Waals surface area contributed by atoms with Crippen LogP contribution >= 0.6 is 0 Å². The van der Waals surface area contributed by atoms with Crippen molar-refractivity contribution in [1.82, 2.24) is 5.32 Å². The van der Waals surface area contributed by atoms with Gasteiger partial charge in [0.2, 0.25) is 0 Å². The molecule has 1 aromatic rings. The van der Waals surface area contributed by atoms with Crippen LogP contribution in [0.2, 0.25) is 0 Å². The Morgan fingerprint density at radius 3 is 2.68 bits per heavy atom. The molecule has 0 spiro atoms. The molecule has 154 valence electrons. The van der Waals surface area contributed by atoms with Gasteiger partial charge in [-0.05, 0) is 43.7 Å². The molecule has 28 heavy (non-hydrogen) atoms. The monoisotopic (exact) mass is 391 g/mol. The van der Waals surface area contributed by atoms with Gasteiger partial charge in [0.15, 0.2) is 6.61 Å². The number of nitro benzene ring substituents is 1. The van der Waals surface area contributed by atoms with Gasteiger partial charge in [-0.25, -0.2) is 4.79 Å². The highest BCUT2D eigenvalue weighted by Crippen LogP contribution is 2.32. The second-order valence-electron chi connectivity index (χ2n) is 7.31. The number of benzene rings is 1. The van der Waals surface area contributed by atoms with Crippen molar-refractivity contribution in [2.24, 2.45) is 5.92 Å². The zero-order valence-electron chi connectivity index (χ0n) is 16.8. The maximum Gasteiger partial charge on any atom is 0.338 e. The van der Waals surface area contributed by atoms with Crippen LogP contribution in [0.25, 0.3) is 0 Å². The summed E-state index contributed by atoms with van der Waals surface area (Å²) in [5, 5.41) is 14.3. The van der Waals surface area contributed by atoms with Crippen LogP contribution in [0.1, 0.15) is 56.8 Å². The number of nitro groups is 1. The molecule has 2 rings (SSSR count). The van der Waals surface area contributed by atoms with Crippen molar-refractivity contribution in [2.75, 3.05) is 24.6 Å². The van der Waals surface area contributed by atoms with Crippen LogP contribution in [0.4, 0.5) is 11.4 Å². The van der Waals surface area contributed by atoms with Crippen LogP contribution in [-0.2, 0) is 9.53 Å². The molecule has 1 N–H and O–H groups in total. The van der Waals surface area contributed by atoms with E-state index in [0.29, 0.717) is 11.6 Å². The number of rotatable bonds is 8. The van der Waals surface area contributed by atoms with E-state index in [1.807, 2.05) is 18.7 Å². The molecular formula is C20H29N3O5. The predicted molar refractivity (Wildman–Crippen MR) is 107 cm³/mol. The van der Waals surface area contributed by atoms with Gasteiger partial charge in [0.25, 0.3) is 11.6 Å². The Morgan fingerprint density at radius 1 is 1.36 bits per heavy atom. The number of esters is 1. The third-order valence-corrected chi connectivity index (χ3v) is 5.09. The summed E-state index contributed by atoms with van der Waals surface area (Å²) in [7, 11) is 0. The Labute approximate surface area is 165 Å². The van der Waals surface area contributed by atoms with Crippen LogP contribution in [0, 0.1) is 16.0 Å². The third kappa shape index (κ3) is 5.68. The van der Waals surface area contributed by atoms with Crippen molar-refractivity contribution in [3.8, 4) is 0 Å². The van der Waals surface area contributed by atoms with E-state index in [4.69, 9.17) is 4.74 Å². The van der Waals surface area contributed by atoms with Crippen molar-refractivity contribution in [1.29, 1.82) is 0 Å². The second kappa shape index (κ2) is 10.1.